The number of carbonyl (C=O) groups excluding carboxylic acids is 1. The molecular formula is C20H19IN6O. The van der Waals surface area contributed by atoms with Gasteiger partial charge in [0.2, 0.25) is 5.95 Å². The van der Waals surface area contributed by atoms with E-state index < -0.39 is 0 Å². The summed E-state index contributed by atoms with van der Waals surface area (Å²) in [6, 6.07) is 15.1. The van der Waals surface area contributed by atoms with E-state index in [4.69, 9.17) is 0 Å². The van der Waals surface area contributed by atoms with E-state index in [1.165, 1.54) is 6.92 Å². The van der Waals surface area contributed by atoms with Gasteiger partial charge in [0.15, 0.2) is 11.6 Å². The van der Waals surface area contributed by atoms with E-state index in [0.29, 0.717) is 34.5 Å². The van der Waals surface area contributed by atoms with Crippen LogP contribution < -0.4 is 5.32 Å². The Morgan fingerprint density at radius 1 is 1.04 bits per heavy atom. The van der Waals surface area contributed by atoms with E-state index in [0.717, 1.165) is 10.9 Å². The van der Waals surface area contributed by atoms with Crippen LogP contribution >= 0.6 is 22.6 Å². The van der Waals surface area contributed by atoms with Crippen LogP contribution in [0.2, 0.25) is 0 Å². The lowest BCUT2D eigenvalue weighted by molar-refractivity contribution is 0.101. The number of aryl methyl sites for hydroxylation is 1. The number of hydrogen-bond acceptors (Lipinski definition) is 6. The zero-order valence-corrected chi connectivity index (χ0v) is 17.9. The van der Waals surface area contributed by atoms with Crippen LogP contribution in [0, 0.1) is 6.92 Å². The van der Waals surface area contributed by atoms with Gasteiger partial charge in [-0.15, -0.1) is 5.10 Å². The van der Waals surface area contributed by atoms with E-state index in [1.807, 2.05) is 48.3 Å². The predicted octanol–water partition coefficient (Wildman–Crippen LogP) is 4.72. The van der Waals surface area contributed by atoms with Crippen molar-refractivity contribution in [1.82, 2.24) is 25.1 Å². The van der Waals surface area contributed by atoms with Crippen LogP contribution in [0.15, 0.2) is 48.5 Å². The summed E-state index contributed by atoms with van der Waals surface area (Å²) >= 11 is 2.15. The van der Waals surface area contributed by atoms with Gasteiger partial charge < -0.3 is 5.32 Å². The van der Waals surface area contributed by atoms with Crippen LogP contribution in [-0.4, -0.2) is 35.9 Å². The summed E-state index contributed by atoms with van der Waals surface area (Å²) in [7, 11) is 0. The molecule has 4 aromatic rings. The number of hydrogen-bond donors (Lipinski definition) is 2. The molecule has 0 bridgehead atoms. The molecule has 2 aromatic heterocycles. The van der Waals surface area contributed by atoms with E-state index in [1.54, 1.807) is 12.1 Å². The second-order valence-corrected chi connectivity index (χ2v) is 5.92. The number of aromatic amines is 1. The maximum absolute atomic E-state index is 11.7. The van der Waals surface area contributed by atoms with Gasteiger partial charge in [0.05, 0.1) is 5.52 Å². The number of nitrogens with one attached hydrogen (secondary N) is 2. The molecule has 2 aromatic carbocycles. The van der Waals surface area contributed by atoms with Crippen LogP contribution in [0.5, 0.6) is 0 Å². The molecule has 28 heavy (non-hydrogen) atoms. The van der Waals surface area contributed by atoms with Gasteiger partial charge in [0.25, 0.3) is 0 Å². The Hall–Kier alpha value is -2.88. The number of benzene rings is 2. The molecule has 0 radical (unpaired) electrons. The molecule has 2 N–H and O–H groups in total. The number of fused-ring (bicyclic) bond motifs is 1. The highest BCUT2D eigenvalue weighted by molar-refractivity contribution is 14.1. The summed E-state index contributed by atoms with van der Waals surface area (Å²) in [6.45, 7) is 3.36. The standard InChI is InChI=1S/C19H16N6O.CH3I/c1-11(26)14-8-9-15-16(10-14)21-17(13-6-4-3-5-7-13)22-18(15)23-19-20-12(2)24-25-19;1-2/h3-10H,1-2H3,(H2,20,21,22,23,24,25);1H3. The Kier molecular flexibility index (Phi) is 6.30. The summed E-state index contributed by atoms with van der Waals surface area (Å²) in [5.41, 5.74) is 2.17. The van der Waals surface area contributed by atoms with Crippen LogP contribution in [0.3, 0.4) is 0 Å². The highest BCUT2D eigenvalue weighted by Gasteiger charge is 2.13. The topological polar surface area (TPSA) is 96.5 Å². The SMILES string of the molecule is CC(=O)c1ccc2c(Nc3n[nH]c(C)n3)nc(-c3ccccc3)nc2c1.CI. The fourth-order valence-corrected chi connectivity index (χ4v) is 2.66. The molecule has 0 atom stereocenters. The summed E-state index contributed by atoms with van der Waals surface area (Å²) in [5, 5.41) is 10.8. The largest absolute Gasteiger partial charge is 0.307 e. The molecular weight excluding hydrogens is 467 g/mol. The number of H-pyrrole nitrogens is 1. The molecule has 142 valence electrons. The first-order valence-corrected chi connectivity index (χ1v) is 10.7. The molecule has 4 rings (SSSR count). The van der Waals surface area contributed by atoms with Gasteiger partial charge >= 0.3 is 0 Å². The number of rotatable bonds is 4. The lowest BCUT2D eigenvalue weighted by Gasteiger charge is -2.10. The number of ketones is 1. The lowest BCUT2D eigenvalue weighted by atomic mass is 10.1. The van der Waals surface area contributed by atoms with Crippen LogP contribution in [0.4, 0.5) is 11.8 Å². The molecule has 0 aliphatic rings. The van der Waals surface area contributed by atoms with Crippen molar-refractivity contribution in [3.05, 3.63) is 59.9 Å². The normalized spacial score (nSPS) is 10.3. The molecule has 0 unspecified atom stereocenters. The van der Waals surface area contributed by atoms with Crippen LogP contribution in [0.25, 0.3) is 22.3 Å². The number of anilines is 2. The van der Waals surface area contributed by atoms with Gasteiger partial charge in [-0.2, -0.15) is 4.98 Å². The quantitative estimate of drug-likeness (QED) is 0.246. The Balaban J connectivity index is 0.00000109. The first kappa shape index (κ1) is 19.9. The van der Waals surface area contributed by atoms with Crippen molar-refractivity contribution >= 4 is 51.0 Å². The third-order valence-corrected chi connectivity index (χ3v) is 3.96. The fraction of sp³-hybridized carbons (Fsp3) is 0.150. The Morgan fingerprint density at radius 3 is 2.43 bits per heavy atom. The van der Waals surface area contributed by atoms with E-state index in [-0.39, 0.29) is 5.78 Å². The number of alkyl halides is 1. The van der Waals surface area contributed by atoms with Gasteiger partial charge in [0.1, 0.15) is 11.6 Å². The Morgan fingerprint density at radius 2 is 1.79 bits per heavy atom. The monoisotopic (exact) mass is 486 g/mol. The predicted molar refractivity (Wildman–Crippen MR) is 119 cm³/mol. The maximum Gasteiger partial charge on any atom is 0.247 e. The zero-order valence-electron chi connectivity index (χ0n) is 15.7. The third kappa shape index (κ3) is 4.33. The molecule has 8 heteroatoms. The van der Waals surface area contributed by atoms with Crippen molar-refractivity contribution < 1.29 is 4.79 Å². The summed E-state index contributed by atoms with van der Waals surface area (Å²) in [5.74, 6) is 2.27. The molecule has 2 heterocycles. The van der Waals surface area contributed by atoms with Crippen molar-refractivity contribution in [2.75, 3.05) is 10.2 Å². The van der Waals surface area contributed by atoms with E-state index in [2.05, 4.69) is 53.1 Å². The number of aromatic nitrogens is 5. The number of Topliss-reactive ketones (excluding diaryl/α,β-unsaturated/α-hetero) is 1. The molecule has 0 fully saturated rings. The molecule has 7 nitrogen and oxygen atoms in total. The summed E-state index contributed by atoms with van der Waals surface area (Å²) in [4.78, 5) is 27.3. The van der Waals surface area contributed by atoms with Crippen molar-refractivity contribution in [3.63, 3.8) is 0 Å². The molecule has 0 aliphatic carbocycles. The molecule has 0 aliphatic heterocycles. The van der Waals surface area contributed by atoms with Gasteiger partial charge in [-0.25, -0.2) is 9.97 Å². The maximum atomic E-state index is 11.7. The first-order valence-electron chi connectivity index (χ1n) is 8.52. The second kappa shape index (κ2) is 8.87. The van der Waals surface area contributed by atoms with Gasteiger partial charge in [-0.3, -0.25) is 9.89 Å². The minimum atomic E-state index is -0.00845. The minimum absolute atomic E-state index is 0.00845. The van der Waals surface area contributed by atoms with Crippen molar-refractivity contribution in [2.24, 2.45) is 0 Å². The molecule has 0 amide bonds. The average Bonchev–Trinajstić information content (AvgIpc) is 3.14. The van der Waals surface area contributed by atoms with Crippen molar-refractivity contribution in [1.29, 1.82) is 0 Å². The first-order chi connectivity index (χ1) is 13.6. The van der Waals surface area contributed by atoms with E-state index >= 15 is 0 Å². The third-order valence-electron chi connectivity index (χ3n) is 3.96. The lowest BCUT2D eigenvalue weighted by Crippen LogP contribution is -2.02. The highest BCUT2D eigenvalue weighted by atomic mass is 127. The van der Waals surface area contributed by atoms with E-state index in [9.17, 15) is 4.79 Å². The molecule has 0 saturated heterocycles. The smallest absolute Gasteiger partial charge is 0.247 e. The molecule has 0 saturated carbocycles. The summed E-state index contributed by atoms with van der Waals surface area (Å²) < 4.78 is 0. The Bertz CT molecular complexity index is 1110. The average molecular weight is 486 g/mol. The number of halogens is 1. The van der Waals surface area contributed by atoms with Crippen LogP contribution in [-0.2, 0) is 0 Å². The summed E-state index contributed by atoms with van der Waals surface area (Å²) in [6.07, 6.45) is 0. The minimum Gasteiger partial charge on any atom is -0.307 e. The Labute approximate surface area is 176 Å². The second-order valence-electron chi connectivity index (χ2n) is 5.92. The van der Waals surface area contributed by atoms with Crippen molar-refractivity contribution in [3.8, 4) is 11.4 Å². The van der Waals surface area contributed by atoms with Gasteiger partial charge in [-0.1, -0.05) is 59.0 Å². The highest BCUT2D eigenvalue weighted by Crippen LogP contribution is 2.27. The zero-order chi connectivity index (χ0) is 20.1. The van der Waals surface area contributed by atoms with Crippen LogP contribution in [0.1, 0.15) is 23.1 Å². The van der Waals surface area contributed by atoms with Crippen molar-refractivity contribution in [2.45, 2.75) is 13.8 Å². The molecule has 0 spiro atoms. The van der Waals surface area contributed by atoms with Gasteiger partial charge in [-0.05, 0) is 30.9 Å². The number of nitrogens with zero attached hydrogens (tertiary/aromatic N) is 4. The fourth-order valence-electron chi connectivity index (χ4n) is 2.66. The number of carbonyl (C=O) groups is 1. The van der Waals surface area contributed by atoms with Gasteiger partial charge in [0, 0.05) is 16.5 Å².